The second kappa shape index (κ2) is 15.7. The second-order valence-electron chi connectivity index (χ2n) is 7.71. The van der Waals surface area contributed by atoms with Gasteiger partial charge >= 0.3 is 0 Å². The van der Waals surface area contributed by atoms with Crippen LogP contribution in [0.25, 0.3) is 0 Å². The van der Waals surface area contributed by atoms with Gasteiger partial charge in [0.05, 0.1) is 6.61 Å². The van der Waals surface area contributed by atoms with Crippen molar-refractivity contribution in [3.8, 4) is 0 Å². The van der Waals surface area contributed by atoms with E-state index in [0.29, 0.717) is 18.7 Å². The molecule has 154 valence electrons. The molecule has 1 unspecified atom stereocenters. The Kier molecular flexibility index (Phi) is 13.8. The number of nitrogens with zero attached hydrogens (tertiary/aromatic N) is 1. The largest absolute Gasteiger partial charge is 0.277 e. The van der Waals surface area contributed by atoms with Gasteiger partial charge in [-0.25, -0.2) is 5.06 Å². The Morgan fingerprint density at radius 3 is 2.11 bits per heavy atom. The van der Waals surface area contributed by atoms with E-state index in [2.05, 4.69) is 13.8 Å². The van der Waals surface area contributed by atoms with Crippen molar-refractivity contribution >= 4 is 5.91 Å². The van der Waals surface area contributed by atoms with Crippen LogP contribution in [-0.4, -0.2) is 24.1 Å². The predicted octanol–water partition coefficient (Wildman–Crippen LogP) is 7.03. The maximum absolute atomic E-state index is 12.4. The summed E-state index contributed by atoms with van der Waals surface area (Å²) in [6, 6.07) is 9.35. The normalized spacial score (nSPS) is 12.1. The van der Waals surface area contributed by atoms with E-state index in [1.54, 1.807) is 0 Å². The molecule has 0 heterocycles. The molecule has 0 spiro atoms. The van der Waals surface area contributed by atoms with Crippen molar-refractivity contribution in [2.24, 2.45) is 5.92 Å². The first-order valence-corrected chi connectivity index (χ1v) is 11.2. The molecule has 0 saturated carbocycles. The van der Waals surface area contributed by atoms with Gasteiger partial charge < -0.3 is 0 Å². The molecule has 1 rings (SSSR count). The molecule has 0 aromatic heterocycles. The Morgan fingerprint density at radius 2 is 1.48 bits per heavy atom. The summed E-state index contributed by atoms with van der Waals surface area (Å²) in [7, 11) is 0. The molecule has 0 saturated heterocycles. The summed E-state index contributed by atoms with van der Waals surface area (Å²) in [5, 5.41) is 1.48. The van der Waals surface area contributed by atoms with E-state index in [9.17, 15) is 4.79 Å². The Balaban J connectivity index is 2.06. The number of amides is 1. The number of unbranched alkanes of at least 4 members (excludes halogenated alkanes) is 7. The average Bonchev–Trinajstić information content (AvgIpc) is 2.70. The van der Waals surface area contributed by atoms with Crippen molar-refractivity contribution in [1.82, 2.24) is 5.06 Å². The molecule has 1 aromatic rings. The molecule has 0 aliphatic rings. The zero-order chi connectivity index (χ0) is 19.7. The molecule has 27 heavy (non-hydrogen) atoms. The molecular weight excluding hydrogens is 334 g/mol. The van der Waals surface area contributed by atoms with Gasteiger partial charge in [-0.1, -0.05) is 89.8 Å². The van der Waals surface area contributed by atoms with E-state index in [-0.39, 0.29) is 5.91 Å². The minimum atomic E-state index is -0.0508. The monoisotopic (exact) mass is 375 g/mol. The predicted molar refractivity (Wildman–Crippen MR) is 115 cm³/mol. The van der Waals surface area contributed by atoms with Crippen molar-refractivity contribution in [3.63, 3.8) is 0 Å². The van der Waals surface area contributed by atoms with Crippen molar-refractivity contribution < 1.29 is 9.63 Å². The summed E-state index contributed by atoms with van der Waals surface area (Å²) in [5.41, 5.74) is 0.683. The van der Waals surface area contributed by atoms with E-state index < -0.39 is 0 Å². The van der Waals surface area contributed by atoms with Crippen LogP contribution in [0.2, 0.25) is 0 Å². The minimum Gasteiger partial charge on any atom is -0.271 e. The molecule has 0 aliphatic carbocycles. The third kappa shape index (κ3) is 11.2. The molecule has 3 nitrogen and oxygen atoms in total. The first-order valence-electron chi connectivity index (χ1n) is 11.2. The number of rotatable bonds is 16. The molecule has 0 bridgehead atoms. The number of hydroxylamine groups is 2. The number of carbonyl (C=O) groups is 1. The molecule has 1 amide bonds. The van der Waals surface area contributed by atoms with Crippen molar-refractivity contribution in [3.05, 3.63) is 35.9 Å². The summed E-state index contributed by atoms with van der Waals surface area (Å²) >= 11 is 0. The molecule has 3 heteroatoms. The van der Waals surface area contributed by atoms with Crippen LogP contribution >= 0.6 is 0 Å². The molecule has 0 N–H and O–H groups in total. The minimum absolute atomic E-state index is 0.0508. The third-order valence-corrected chi connectivity index (χ3v) is 5.17. The van der Waals surface area contributed by atoms with E-state index >= 15 is 0 Å². The topological polar surface area (TPSA) is 29.5 Å². The van der Waals surface area contributed by atoms with Crippen LogP contribution in [-0.2, 0) is 4.84 Å². The zero-order valence-electron chi connectivity index (χ0n) is 17.9. The maximum Gasteiger partial charge on any atom is 0.277 e. The van der Waals surface area contributed by atoms with Gasteiger partial charge in [-0.2, -0.15) is 0 Å². The molecular formula is C24H41NO2. The highest BCUT2D eigenvalue weighted by molar-refractivity contribution is 5.93. The summed E-state index contributed by atoms with van der Waals surface area (Å²) in [4.78, 5) is 18.1. The quantitative estimate of drug-likeness (QED) is 0.229. The van der Waals surface area contributed by atoms with Crippen LogP contribution in [0.15, 0.2) is 30.3 Å². The van der Waals surface area contributed by atoms with E-state index in [0.717, 1.165) is 12.3 Å². The maximum atomic E-state index is 12.4. The SMILES string of the molecule is CCCCCCCCCCC(C)CCCON(CC)C(=O)c1ccccc1. The lowest BCUT2D eigenvalue weighted by atomic mass is 9.97. The average molecular weight is 376 g/mol. The van der Waals surface area contributed by atoms with Crippen molar-refractivity contribution in [2.45, 2.75) is 91.4 Å². The Morgan fingerprint density at radius 1 is 0.889 bits per heavy atom. The van der Waals surface area contributed by atoms with Gasteiger partial charge in [0.15, 0.2) is 0 Å². The second-order valence-corrected chi connectivity index (χ2v) is 7.71. The van der Waals surface area contributed by atoms with Gasteiger partial charge in [0.2, 0.25) is 0 Å². The van der Waals surface area contributed by atoms with Crippen molar-refractivity contribution in [1.29, 1.82) is 0 Å². The standard InChI is InChI=1S/C24H41NO2/c1-4-6-7-8-9-10-11-13-17-22(3)18-16-21-27-25(5-2)24(26)23-19-14-12-15-20-23/h12,14-15,19-20,22H,4-11,13,16-18,21H2,1-3H3. The lowest BCUT2D eigenvalue weighted by Gasteiger charge is -2.20. The number of carbonyl (C=O) groups excluding carboxylic acids is 1. The molecule has 0 radical (unpaired) electrons. The van der Waals surface area contributed by atoms with Crippen LogP contribution in [0.5, 0.6) is 0 Å². The van der Waals surface area contributed by atoms with Crippen LogP contribution < -0.4 is 0 Å². The van der Waals surface area contributed by atoms with Crippen LogP contribution in [0.3, 0.4) is 0 Å². The van der Waals surface area contributed by atoms with E-state index in [4.69, 9.17) is 4.84 Å². The van der Waals surface area contributed by atoms with Crippen LogP contribution in [0.4, 0.5) is 0 Å². The Bertz CT molecular complexity index is 475. The van der Waals surface area contributed by atoms with Gasteiger partial charge in [0, 0.05) is 12.1 Å². The van der Waals surface area contributed by atoms with Crippen molar-refractivity contribution in [2.75, 3.05) is 13.2 Å². The highest BCUT2D eigenvalue weighted by atomic mass is 16.7. The summed E-state index contributed by atoms with van der Waals surface area (Å²) in [5.74, 6) is 0.693. The Labute approximate surface area is 167 Å². The summed E-state index contributed by atoms with van der Waals surface area (Å²) in [6.45, 7) is 7.75. The fourth-order valence-corrected chi connectivity index (χ4v) is 3.40. The number of hydrogen-bond acceptors (Lipinski definition) is 2. The first-order chi connectivity index (χ1) is 13.2. The molecule has 1 aromatic carbocycles. The van der Waals surface area contributed by atoms with Crippen LogP contribution in [0.1, 0.15) is 102 Å². The number of benzene rings is 1. The lowest BCUT2D eigenvalue weighted by Crippen LogP contribution is -2.31. The fourth-order valence-electron chi connectivity index (χ4n) is 3.40. The smallest absolute Gasteiger partial charge is 0.271 e. The van der Waals surface area contributed by atoms with Gasteiger partial charge in [-0.3, -0.25) is 9.63 Å². The first kappa shape index (κ1) is 23.7. The Hall–Kier alpha value is -1.35. The van der Waals surface area contributed by atoms with E-state index in [1.165, 1.54) is 69.3 Å². The van der Waals surface area contributed by atoms with Crippen LogP contribution in [0, 0.1) is 5.92 Å². The van der Waals surface area contributed by atoms with Gasteiger partial charge in [0.1, 0.15) is 0 Å². The van der Waals surface area contributed by atoms with Gasteiger partial charge in [-0.15, -0.1) is 0 Å². The van der Waals surface area contributed by atoms with Gasteiger partial charge in [0.25, 0.3) is 5.91 Å². The lowest BCUT2D eigenvalue weighted by molar-refractivity contribution is -0.121. The fraction of sp³-hybridized carbons (Fsp3) is 0.708. The highest BCUT2D eigenvalue weighted by Crippen LogP contribution is 2.17. The summed E-state index contributed by atoms with van der Waals surface area (Å²) < 4.78 is 0. The zero-order valence-corrected chi connectivity index (χ0v) is 17.9. The number of hydrogen-bond donors (Lipinski definition) is 0. The highest BCUT2D eigenvalue weighted by Gasteiger charge is 2.14. The molecule has 0 aliphatic heterocycles. The third-order valence-electron chi connectivity index (χ3n) is 5.17. The summed E-state index contributed by atoms with van der Waals surface area (Å²) in [6.07, 6.45) is 14.6. The molecule has 1 atom stereocenters. The molecule has 0 fully saturated rings. The van der Waals surface area contributed by atoms with Gasteiger partial charge in [-0.05, 0) is 37.8 Å². The van der Waals surface area contributed by atoms with E-state index in [1.807, 2.05) is 37.3 Å².